The average Bonchev–Trinajstić information content (AvgIpc) is 2.59. The fraction of sp³-hybridized carbons (Fsp3) is 0.550. The van der Waals surface area contributed by atoms with Crippen LogP contribution in [0.5, 0.6) is 0 Å². The summed E-state index contributed by atoms with van der Waals surface area (Å²) in [7, 11) is 0. The number of halogens is 3. The largest absolute Gasteiger partial charge is 0.463 e. The lowest BCUT2D eigenvalue weighted by atomic mass is 9.76. The van der Waals surface area contributed by atoms with Gasteiger partial charge >= 0.3 is 5.97 Å². The Morgan fingerprint density at radius 2 is 1.72 bits per heavy atom. The van der Waals surface area contributed by atoms with Crippen molar-refractivity contribution in [1.29, 1.82) is 0 Å². The van der Waals surface area contributed by atoms with E-state index in [2.05, 4.69) is 6.92 Å². The second-order valence-electron chi connectivity index (χ2n) is 6.63. The Morgan fingerprint density at radius 3 is 2.24 bits per heavy atom. The summed E-state index contributed by atoms with van der Waals surface area (Å²) >= 11 is 0. The van der Waals surface area contributed by atoms with E-state index < -0.39 is 23.4 Å². The number of rotatable bonds is 6. The van der Waals surface area contributed by atoms with Crippen molar-refractivity contribution in [3.8, 4) is 0 Å². The van der Waals surface area contributed by atoms with Gasteiger partial charge < -0.3 is 4.74 Å². The highest BCUT2D eigenvalue weighted by Crippen LogP contribution is 2.36. The minimum Gasteiger partial charge on any atom is -0.463 e. The van der Waals surface area contributed by atoms with Gasteiger partial charge in [0, 0.05) is 5.57 Å². The summed E-state index contributed by atoms with van der Waals surface area (Å²) in [5.41, 5.74) is 0.553. The summed E-state index contributed by atoms with van der Waals surface area (Å²) in [5.74, 6) is -3.82. The number of ether oxygens (including phenoxy) is 1. The molecular weight excluding hydrogens is 329 g/mol. The van der Waals surface area contributed by atoms with Crippen molar-refractivity contribution in [2.75, 3.05) is 6.61 Å². The van der Waals surface area contributed by atoms with E-state index in [1.165, 1.54) is 12.5 Å². The van der Waals surface area contributed by atoms with Crippen molar-refractivity contribution in [1.82, 2.24) is 0 Å². The lowest BCUT2D eigenvalue weighted by Crippen LogP contribution is -2.21. The molecule has 0 saturated heterocycles. The maximum Gasteiger partial charge on any atom is 0.334 e. The van der Waals surface area contributed by atoms with E-state index in [9.17, 15) is 18.0 Å². The Balaban J connectivity index is 2.26. The maximum absolute atomic E-state index is 13.5. The number of esters is 1. The first-order chi connectivity index (χ1) is 12.0. The Kier molecular flexibility index (Phi) is 7.09. The number of carbonyl (C=O) groups is 1. The molecule has 1 aromatic rings. The number of benzene rings is 1. The quantitative estimate of drug-likeness (QED) is 0.374. The van der Waals surface area contributed by atoms with Crippen LogP contribution in [0.4, 0.5) is 13.2 Å². The van der Waals surface area contributed by atoms with Crippen LogP contribution in [-0.4, -0.2) is 12.6 Å². The highest BCUT2D eigenvalue weighted by molar-refractivity contribution is 5.94. The van der Waals surface area contributed by atoms with Gasteiger partial charge in [-0.3, -0.25) is 0 Å². The fourth-order valence-corrected chi connectivity index (χ4v) is 3.57. The molecule has 0 N–H and O–H groups in total. The summed E-state index contributed by atoms with van der Waals surface area (Å²) in [5, 5.41) is 0. The normalized spacial score (nSPS) is 21.2. The second-order valence-corrected chi connectivity index (χ2v) is 6.63. The topological polar surface area (TPSA) is 26.3 Å². The Labute approximate surface area is 147 Å². The Bertz CT molecular complexity index is 609. The zero-order valence-corrected chi connectivity index (χ0v) is 14.8. The van der Waals surface area contributed by atoms with Crippen LogP contribution in [-0.2, 0) is 9.53 Å². The number of hydrogen-bond donors (Lipinski definition) is 0. The van der Waals surface area contributed by atoms with E-state index in [-0.39, 0.29) is 18.1 Å². The van der Waals surface area contributed by atoms with Crippen molar-refractivity contribution in [3.05, 3.63) is 40.7 Å². The first-order valence-electron chi connectivity index (χ1n) is 8.99. The molecule has 25 heavy (non-hydrogen) atoms. The summed E-state index contributed by atoms with van der Waals surface area (Å²) in [6.07, 6.45) is 7.52. The third-order valence-corrected chi connectivity index (χ3v) is 4.82. The fourth-order valence-electron chi connectivity index (χ4n) is 3.57. The van der Waals surface area contributed by atoms with Gasteiger partial charge in [-0.05, 0) is 68.2 Å². The smallest absolute Gasteiger partial charge is 0.334 e. The number of hydrogen-bond acceptors (Lipinski definition) is 2. The molecule has 1 saturated carbocycles. The zero-order valence-electron chi connectivity index (χ0n) is 14.8. The van der Waals surface area contributed by atoms with Crippen molar-refractivity contribution >= 4 is 12.0 Å². The van der Waals surface area contributed by atoms with Gasteiger partial charge in [-0.2, -0.15) is 0 Å². The minimum absolute atomic E-state index is 0.00308. The van der Waals surface area contributed by atoms with E-state index in [4.69, 9.17) is 4.74 Å². The average molecular weight is 354 g/mol. The van der Waals surface area contributed by atoms with Crippen LogP contribution >= 0.6 is 0 Å². The molecule has 1 aliphatic rings. The number of carbonyl (C=O) groups excluding carboxylic acids is 1. The third-order valence-electron chi connectivity index (χ3n) is 4.82. The van der Waals surface area contributed by atoms with Gasteiger partial charge in [-0.1, -0.05) is 19.8 Å². The monoisotopic (exact) mass is 354 g/mol. The van der Waals surface area contributed by atoms with Crippen molar-refractivity contribution in [3.63, 3.8) is 0 Å². The molecule has 0 unspecified atom stereocenters. The molecule has 0 amide bonds. The summed E-state index contributed by atoms with van der Waals surface area (Å²) in [6.45, 7) is 4.10. The van der Waals surface area contributed by atoms with Crippen LogP contribution in [0, 0.1) is 29.3 Å². The summed E-state index contributed by atoms with van der Waals surface area (Å²) in [4.78, 5) is 12.3. The molecular formula is C20H25F3O2. The summed E-state index contributed by atoms with van der Waals surface area (Å²) in [6, 6.07) is 1.81. The minimum atomic E-state index is -1.50. The molecule has 2 rings (SSSR count). The molecule has 0 bridgehead atoms. The molecule has 138 valence electrons. The molecule has 1 fully saturated rings. The van der Waals surface area contributed by atoms with Gasteiger partial charge in [0.05, 0.1) is 6.61 Å². The van der Waals surface area contributed by atoms with Gasteiger partial charge in [0.2, 0.25) is 0 Å². The molecule has 0 heterocycles. The first kappa shape index (κ1) is 19.5. The molecule has 5 heteroatoms. The molecule has 0 radical (unpaired) electrons. The van der Waals surface area contributed by atoms with E-state index in [1.807, 2.05) is 0 Å². The molecule has 0 aliphatic heterocycles. The first-order valence-corrected chi connectivity index (χ1v) is 8.99. The van der Waals surface area contributed by atoms with E-state index in [0.29, 0.717) is 11.5 Å². The molecule has 2 nitrogen and oxygen atoms in total. The Morgan fingerprint density at radius 1 is 1.12 bits per heavy atom. The van der Waals surface area contributed by atoms with Gasteiger partial charge in [-0.25, -0.2) is 18.0 Å². The lowest BCUT2D eigenvalue weighted by Gasteiger charge is -2.29. The predicted octanol–water partition coefficient (Wildman–Crippen LogP) is 5.66. The van der Waals surface area contributed by atoms with Crippen LogP contribution in [0.15, 0.2) is 17.7 Å². The molecule has 0 atom stereocenters. The van der Waals surface area contributed by atoms with Gasteiger partial charge in [0.25, 0.3) is 0 Å². The van der Waals surface area contributed by atoms with Crippen molar-refractivity contribution < 1.29 is 22.7 Å². The Hall–Kier alpha value is -1.78. The predicted molar refractivity (Wildman–Crippen MR) is 91.3 cm³/mol. The van der Waals surface area contributed by atoms with Crippen molar-refractivity contribution in [2.24, 2.45) is 11.8 Å². The van der Waals surface area contributed by atoms with Gasteiger partial charge in [0.15, 0.2) is 17.5 Å². The van der Waals surface area contributed by atoms with E-state index in [0.717, 1.165) is 44.2 Å². The molecule has 0 spiro atoms. The third kappa shape index (κ3) is 5.10. The summed E-state index contributed by atoms with van der Waals surface area (Å²) < 4.78 is 45.2. The van der Waals surface area contributed by atoms with Gasteiger partial charge in [-0.15, -0.1) is 0 Å². The standard InChI is InChI=1S/C20H25F3O2/c1-3-5-13-6-8-15(9-7-13)16(20(24)25-4-2)10-14-11-17(21)19(23)18(22)12-14/h10-13,15H,3-9H2,1-2H3. The second kappa shape index (κ2) is 9.07. The van der Waals surface area contributed by atoms with E-state index in [1.54, 1.807) is 6.92 Å². The zero-order chi connectivity index (χ0) is 18.4. The van der Waals surface area contributed by atoms with Crippen LogP contribution < -0.4 is 0 Å². The highest BCUT2D eigenvalue weighted by atomic mass is 19.2. The van der Waals surface area contributed by atoms with Crippen LogP contribution in [0.3, 0.4) is 0 Å². The lowest BCUT2D eigenvalue weighted by molar-refractivity contribution is -0.139. The van der Waals surface area contributed by atoms with Crippen LogP contribution in [0.2, 0.25) is 0 Å². The van der Waals surface area contributed by atoms with Gasteiger partial charge in [0.1, 0.15) is 0 Å². The molecule has 1 aromatic carbocycles. The van der Waals surface area contributed by atoms with Crippen LogP contribution in [0.25, 0.3) is 6.08 Å². The van der Waals surface area contributed by atoms with Crippen LogP contribution in [0.1, 0.15) is 57.9 Å². The molecule has 1 aliphatic carbocycles. The van der Waals surface area contributed by atoms with E-state index >= 15 is 0 Å². The maximum atomic E-state index is 13.5. The van der Waals surface area contributed by atoms with Crippen molar-refractivity contribution in [2.45, 2.75) is 52.4 Å². The SMILES string of the molecule is CCCC1CCC(C(=Cc2cc(F)c(F)c(F)c2)C(=O)OCC)CC1. The highest BCUT2D eigenvalue weighted by Gasteiger charge is 2.28. The molecule has 0 aromatic heterocycles.